The molecule has 7 nitrogen and oxygen atoms in total. The second kappa shape index (κ2) is 6.64. The Hall–Kier alpha value is -1.99. The van der Waals surface area contributed by atoms with E-state index >= 15 is 0 Å². The maximum absolute atomic E-state index is 4.22. The Morgan fingerprint density at radius 3 is 2.74 bits per heavy atom. The second-order valence-electron chi connectivity index (χ2n) is 6.68. The average Bonchev–Trinajstić information content (AvgIpc) is 3.06. The quantitative estimate of drug-likeness (QED) is 0.891. The number of aromatic nitrogens is 4. The van der Waals surface area contributed by atoms with Crippen LogP contribution in [-0.2, 0) is 0 Å². The summed E-state index contributed by atoms with van der Waals surface area (Å²) in [7, 11) is 2.20. The zero-order valence-electron chi connectivity index (χ0n) is 14.1. The summed E-state index contributed by atoms with van der Waals surface area (Å²) in [5.74, 6) is 1.58. The van der Waals surface area contributed by atoms with E-state index in [9.17, 15) is 0 Å². The molecule has 1 saturated heterocycles. The van der Waals surface area contributed by atoms with Gasteiger partial charge in [-0.05, 0) is 33.0 Å². The molecule has 1 aliphatic heterocycles. The van der Waals surface area contributed by atoms with Gasteiger partial charge >= 0.3 is 0 Å². The van der Waals surface area contributed by atoms with Gasteiger partial charge in [0.2, 0.25) is 0 Å². The molecule has 23 heavy (non-hydrogen) atoms. The van der Waals surface area contributed by atoms with E-state index in [4.69, 9.17) is 0 Å². The van der Waals surface area contributed by atoms with E-state index in [1.54, 1.807) is 12.5 Å². The molecule has 0 aromatic carbocycles. The molecule has 2 aromatic rings. The molecular formula is C16H25N7. The van der Waals surface area contributed by atoms with Crippen LogP contribution in [0.3, 0.4) is 0 Å². The topological polar surface area (TPSA) is 62.1 Å². The lowest BCUT2D eigenvalue weighted by molar-refractivity contribution is 0.0423. The van der Waals surface area contributed by atoms with Gasteiger partial charge in [-0.3, -0.25) is 14.4 Å². The molecule has 0 bridgehead atoms. The highest BCUT2D eigenvalue weighted by atomic mass is 15.3. The molecule has 124 valence electrons. The molecule has 3 heterocycles. The predicted octanol–water partition coefficient (Wildman–Crippen LogP) is 1.10. The minimum atomic E-state index is 0.241. The summed E-state index contributed by atoms with van der Waals surface area (Å²) >= 11 is 0. The Bertz CT molecular complexity index is 606. The van der Waals surface area contributed by atoms with Crippen molar-refractivity contribution in [2.45, 2.75) is 19.4 Å². The second-order valence-corrected chi connectivity index (χ2v) is 6.68. The Kier molecular flexibility index (Phi) is 4.58. The normalized spacial score (nSPS) is 18.9. The Morgan fingerprint density at radius 2 is 2.09 bits per heavy atom. The number of imidazole rings is 1. The van der Waals surface area contributed by atoms with Crippen LogP contribution in [0.25, 0.3) is 5.82 Å². The standard InChI is InChI=1S/C16H25N7/c1-16(2)12-22(11-10-21(16)3)8-7-18-14-4-5-15(20-19-14)23-9-6-17-13-23/h4-6,9,13H,7-8,10-12H2,1-3H3,(H,18,19). The number of hydrogen-bond acceptors (Lipinski definition) is 6. The molecule has 3 rings (SSSR count). The third-order valence-corrected chi connectivity index (χ3v) is 4.55. The van der Waals surface area contributed by atoms with Gasteiger partial charge in [-0.25, -0.2) is 4.98 Å². The molecule has 0 aliphatic carbocycles. The fourth-order valence-electron chi connectivity index (χ4n) is 2.83. The van der Waals surface area contributed by atoms with Crippen LogP contribution in [0.4, 0.5) is 5.82 Å². The van der Waals surface area contributed by atoms with E-state index < -0.39 is 0 Å². The van der Waals surface area contributed by atoms with Gasteiger partial charge in [0.15, 0.2) is 5.82 Å². The molecule has 1 fully saturated rings. The molecule has 0 unspecified atom stereocenters. The highest BCUT2D eigenvalue weighted by molar-refractivity contribution is 5.36. The van der Waals surface area contributed by atoms with Gasteiger partial charge in [0, 0.05) is 50.7 Å². The van der Waals surface area contributed by atoms with Gasteiger partial charge in [0.05, 0.1) is 0 Å². The maximum atomic E-state index is 4.22. The van der Waals surface area contributed by atoms with Crippen molar-refractivity contribution in [3.05, 3.63) is 30.9 Å². The van der Waals surface area contributed by atoms with E-state index in [0.29, 0.717) is 0 Å². The van der Waals surface area contributed by atoms with Gasteiger partial charge in [0.1, 0.15) is 12.1 Å². The Labute approximate surface area is 137 Å². The van der Waals surface area contributed by atoms with Gasteiger partial charge in [0.25, 0.3) is 0 Å². The molecule has 0 radical (unpaired) electrons. The first kappa shape index (κ1) is 15.9. The molecule has 0 atom stereocenters. The predicted molar refractivity (Wildman–Crippen MR) is 90.8 cm³/mol. The first-order chi connectivity index (χ1) is 11.0. The van der Waals surface area contributed by atoms with Crippen LogP contribution in [0.15, 0.2) is 30.9 Å². The van der Waals surface area contributed by atoms with Gasteiger partial charge < -0.3 is 5.32 Å². The van der Waals surface area contributed by atoms with Crippen LogP contribution >= 0.6 is 0 Å². The summed E-state index contributed by atoms with van der Waals surface area (Å²) in [6, 6.07) is 3.90. The highest BCUT2D eigenvalue weighted by Crippen LogP contribution is 2.18. The summed E-state index contributed by atoms with van der Waals surface area (Å²) in [5, 5.41) is 11.8. The molecule has 0 saturated carbocycles. The summed E-state index contributed by atoms with van der Waals surface area (Å²) < 4.78 is 1.84. The number of anilines is 1. The van der Waals surface area contributed by atoms with E-state index in [2.05, 4.69) is 51.2 Å². The first-order valence-electron chi connectivity index (χ1n) is 8.04. The first-order valence-corrected chi connectivity index (χ1v) is 8.04. The molecule has 1 N–H and O–H groups in total. The zero-order valence-corrected chi connectivity index (χ0v) is 14.1. The molecule has 0 amide bonds. The zero-order chi connectivity index (χ0) is 16.3. The average molecular weight is 315 g/mol. The van der Waals surface area contributed by atoms with E-state index in [0.717, 1.165) is 44.4 Å². The van der Waals surface area contributed by atoms with E-state index in [-0.39, 0.29) is 5.54 Å². The van der Waals surface area contributed by atoms with Crippen molar-refractivity contribution in [3.8, 4) is 5.82 Å². The number of nitrogens with one attached hydrogen (secondary N) is 1. The summed E-state index contributed by atoms with van der Waals surface area (Å²) in [5.41, 5.74) is 0.241. The maximum Gasteiger partial charge on any atom is 0.160 e. The monoisotopic (exact) mass is 315 g/mol. The minimum Gasteiger partial charge on any atom is -0.367 e. The van der Waals surface area contributed by atoms with Gasteiger partial charge in [-0.1, -0.05) is 0 Å². The molecule has 2 aromatic heterocycles. The van der Waals surface area contributed by atoms with Crippen molar-refractivity contribution >= 4 is 5.82 Å². The van der Waals surface area contributed by atoms with Crippen LogP contribution in [-0.4, -0.2) is 74.9 Å². The van der Waals surface area contributed by atoms with Crippen molar-refractivity contribution in [1.82, 2.24) is 29.5 Å². The van der Waals surface area contributed by atoms with Crippen LogP contribution in [0.5, 0.6) is 0 Å². The smallest absolute Gasteiger partial charge is 0.160 e. The largest absolute Gasteiger partial charge is 0.367 e. The van der Waals surface area contributed by atoms with Crippen LogP contribution in [0, 0.1) is 0 Å². The summed E-state index contributed by atoms with van der Waals surface area (Å²) in [4.78, 5) is 8.94. The third-order valence-electron chi connectivity index (χ3n) is 4.55. The van der Waals surface area contributed by atoms with Crippen molar-refractivity contribution in [2.75, 3.05) is 45.1 Å². The number of hydrogen-bond donors (Lipinski definition) is 1. The third kappa shape index (κ3) is 3.86. The lowest BCUT2D eigenvalue weighted by Crippen LogP contribution is -2.58. The van der Waals surface area contributed by atoms with Crippen LogP contribution in [0.1, 0.15) is 13.8 Å². The fraction of sp³-hybridized carbons (Fsp3) is 0.562. The number of piperazine rings is 1. The fourth-order valence-corrected chi connectivity index (χ4v) is 2.83. The Balaban J connectivity index is 1.48. The van der Waals surface area contributed by atoms with Crippen molar-refractivity contribution in [1.29, 1.82) is 0 Å². The van der Waals surface area contributed by atoms with E-state index in [1.165, 1.54) is 0 Å². The molecular weight excluding hydrogens is 290 g/mol. The summed E-state index contributed by atoms with van der Waals surface area (Å²) in [6.07, 6.45) is 5.30. The lowest BCUT2D eigenvalue weighted by Gasteiger charge is -2.45. The lowest BCUT2D eigenvalue weighted by atomic mass is 10.00. The van der Waals surface area contributed by atoms with Gasteiger partial charge in [-0.15, -0.1) is 10.2 Å². The van der Waals surface area contributed by atoms with Crippen LogP contribution in [0.2, 0.25) is 0 Å². The minimum absolute atomic E-state index is 0.241. The molecule has 7 heteroatoms. The van der Waals surface area contributed by atoms with E-state index in [1.807, 2.05) is 22.9 Å². The molecule has 0 spiro atoms. The van der Waals surface area contributed by atoms with Crippen molar-refractivity contribution < 1.29 is 0 Å². The van der Waals surface area contributed by atoms with Gasteiger partial charge in [-0.2, -0.15) is 0 Å². The highest BCUT2D eigenvalue weighted by Gasteiger charge is 2.30. The SMILES string of the molecule is CN1CCN(CCNc2ccc(-n3ccnc3)nn2)CC1(C)C. The molecule has 1 aliphatic rings. The Morgan fingerprint density at radius 1 is 1.22 bits per heavy atom. The van der Waals surface area contributed by atoms with Crippen molar-refractivity contribution in [3.63, 3.8) is 0 Å². The summed E-state index contributed by atoms with van der Waals surface area (Å²) in [6.45, 7) is 9.82. The number of likely N-dealkylation sites (N-methyl/N-ethyl adjacent to an activating group) is 1. The number of nitrogens with zero attached hydrogens (tertiary/aromatic N) is 6. The number of rotatable bonds is 5. The van der Waals surface area contributed by atoms with Crippen molar-refractivity contribution in [2.24, 2.45) is 0 Å². The van der Waals surface area contributed by atoms with Crippen LogP contribution < -0.4 is 5.32 Å².